The van der Waals surface area contributed by atoms with Gasteiger partial charge < -0.3 is 15.5 Å². The van der Waals surface area contributed by atoms with E-state index in [1.807, 2.05) is 30.1 Å². The second-order valence-corrected chi connectivity index (χ2v) is 5.33. The molecule has 2 N–H and O–H groups in total. The number of hydrogen-bond donors (Lipinski definition) is 1. The van der Waals surface area contributed by atoms with E-state index in [1.54, 1.807) is 4.90 Å². The van der Waals surface area contributed by atoms with Crippen LogP contribution in [0.2, 0.25) is 0 Å². The minimum atomic E-state index is -0.156. The Morgan fingerprint density at radius 2 is 1.90 bits per heavy atom. The van der Waals surface area contributed by atoms with E-state index in [0.29, 0.717) is 6.54 Å². The zero-order valence-corrected chi connectivity index (χ0v) is 11.6. The van der Waals surface area contributed by atoms with E-state index < -0.39 is 0 Å². The SMILES string of the molecule is CN1CCN(CC(N)c2cccc3ccccc23)C1=O. The molecule has 2 amide bonds. The summed E-state index contributed by atoms with van der Waals surface area (Å²) < 4.78 is 0. The minimum absolute atomic E-state index is 0.0701. The second kappa shape index (κ2) is 5.13. The fourth-order valence-corrected chi connectivity index (χ4v) is 2.78. The van der Waals surface area contributed by atoms with Gasteiger partial charge in [0.1, 0.15) is 0 Å². The highest BCUT2D eigenvalue weighted by Crippen LogP contribution is 2.24. The lowest BCUT2D eigenvalue weighted by Gasteiger charge is -2.22. The van der Waals surface area contributed by atoms with Gasteiger partial charge in [-0.2, -0.15) is 0 Å². The van der Waals surface area contributed by atoms with E-state index in [-0.39, 0.29) is 12.1 Å². The van der Waals surface area contributed by atoms with Crippen molar-refractivity contribution in [2.45, 2.75) is 6.04 Å². The average molecular weight is 269 g/mol. The van der Waals surface area contributed by atoms with Crippen molar-refractivity contribution in [2.75, 3.05) is 26.7 Å². The van der Waals surface area contributed by atoms with Crippen LogP contribution in [0.15, 0.2) is 42.5 Å². The molecule has 3 rings (SSSR count). The monoisotopic (exact) mass is 269 g/mol. The summed E-state index contributed by atoms with van der Waals surface area (Å²) in [5.41, 5.74) is 7.44. The normalized spacial score (nSPS) is 17.0. The molecule has 0 saturated carbocycles. The molecule has 1 saturated heterocycles. The molecule has 1 aliphatic rings. The van der Waals surface area contributed by atoms with Crippen LogP contribution in [0, 0.1) is 0 Å². The molecule has 1 atom stereocenters. The number of carbonyl (C=O) groups is 1. The number of urea groups is 1. The first-order valence-corrected chi connectivity index (χ1v) is 6.90. The Morgan fingerprint density at radius 3 is 2.65 bits per heavy atom. The number of benzene rings is 2. The molecule has 0 bridgehead atoms. The average Bonchev–Trinajstić information content (AvgIpc) is 2.78. The molecule has 0 spiro atoms. The van der Waals surface area contributed by atoms with E-state index in [4.69, 9.17) is 5.73 Å². The van der Waals surface area contributed by atoms with Gasteiger partial charge in [-0.15, -0.1) is 0 Å². The van der Waals surface area contributed by atoms with E-state index in [1.165, 1.54) is 10.8 Å². The van der Waals surface area contributed by atoms with Gasteiger partial charge >= 0.3 is 6.03 Å². The molecule has 2 aromatic carbocycles. The smallest absolute Gasteiger partial charge is 0.319 e. The van der Waals surface area contributed by atoms with Crippen LogP contribution in [-0.4, -0.2) is 42.5 Å². The molecular weight excluding hydrogens is 250 g/mol. The Hall–Kier alpha value is -2.07. The van der Waals surface area contributed by atoms with Gasteiger partial charge in [0.25, 0.3) is 0 Å². The number of hydrogen-bond acceptors (Lipinski definition) is 2. The van der Waals surface area contributed by atoms with Gasteiger partial charge in [0.15, 0.2) is 0 Å². The van der Waals surface area contributed by atoms with Crippen LogP contribution in [0.4, 0.5) is 4.79 Å². The molecule has 104 valence electrons. The van der Waals surface area contributed by atoms with E-state index >= 15 is 0 Å². The number of nitrogens with zero attached hydrogens (tertiary/aromatic N) is 2. The van der Waals surface area contributed by atoms with Crippen LogP contribution < -0.4 is 5.73 Å². The topological polar surface area (TPSA) is 49.6 Å². The number of fused-ring (bicyclic) bond motifs is 1. The minimum Gasteiger partial charge on any atom is -0.326 e. The van der Waals surface area contributed by atoms with Crippen molar-refractivity contribution < 1.29 is 4.79 Å². The van der Waals surface area contributed by atoms with Crippen LogP contribution in [0.3, 0.4) is 0 Å². The summed E-state index contributed by atoms with van der Waals surface area (Å²) in [5.74, 6) is 0. The Balaban J connectivity index is 1.86. The fraction of sp³-hybridized carbons (Fsp3) is 0.312. The van der Waals surface area contributed by atoms with Gasteiger partial charge in [-0.1, -0.05) is 42.5 Å². The van der Waals surface area contributed by atoms with Gasteiger partial charge in [-0.05, 0) is 16.3 Å². The second-order valence-electron chi connectivity index (χ2n) is 5.33. The summed E-state index contributed by atoms with van der Waals surface area (Å²) in [6.45, 7) is 2.10. The quantitative estimate of drug-likeness (QED) is 0.928. The summed E-state index contributed by atoms with van der Waals surface area (Å²) >= 11 is 0. The molecule has 2 aromatic rings. The first-order valence-electron chi connectivity index (χ1n) is 6.90. The number of amides is 2. The molecule has 4 heteroatoms. The van der Waals surface area contributed by atoms with Crippen LogP contribution in [0.1, 0.15) is 11.6 Å². The lowest BCUT2D eigenvalue weighted by atomic mass is 9.99. The van der Waals surface area contributed by atoms with Gasteiger partial charge in [-0.25, -0.2) is 4.79 Å². The van der Waals surface area contributed by atoms with Gasteiger partial charge in [-0.3, -0.25) is 0 Å². The maximum Gasteiger partial charge on any atom is 0.319 e. The predicted molar refractivity (Wildman–Crippen MR) is 80.5 cm³/mol. The maximum absolute atomic E-state index is 11.9. The Kier molecular flexibility index (Phi) is 3.32. The molecule has 4 nitrogen and oxygen atoms in total. The fourth-order valence-electron chi connectivity index (χ4n) is 2.78. The molecule has 1 unspecified atom stereocenters. The third kappa shape index (κ3) is 2.23. The molecule has 1 fully saturated rings. The molecular formula is C16H19N3O. The number of carbonyl (C=O) groups excluding carboxylic acids is 1. The van der Waals surface area contributed by atoms with Gasteiger partial charge in [0.2, 0.25) is 0 Å². The van der Waals surface area contributed by atoms with E-state index in [0.717, 1.165) is 18.7 Å². The zero-order valence-electron chi connectivity index (χ0n) is 11.6. The first-order chi connectivity index (χ1) is 9.66. The van der Waals surface area contributed by atoms with Crippen LogP contribution in [0.5, 0.6) is 0 Å². The highest BCUT2D eigenvalue weighted by Gasteiger charge is 2.27. The van der Waals surface area contributed by atoms with Crippen molar-refractivity contribution >= 4 is 16.8 Å². The van der Waals surface area contributed by atoms with Gasteiger partial charge in [0, 0.05) is 32.7 Å². The molecule has 0 aliphatic carbocycles. The largest absolute Gasteiger partial charge is 0.326 e. The predicted octanol–water partition coefficient (Wildman–Crippen LogP) is 2.21. The Labute approximate surface area is 118 Å². The molecule has 1 heterocycles. The lowest BCUT2D eigenvalue weighted by Crippen LogP contribution is -2.35. The molecule has 0 aromatic heterocycles. The summed E-state index contributed by atoms with van der Waals surface area (Å²) in [6, 6.07) is 14.3. The molecule has 1 aliphatic heterocycles. The van der Waals surface area contributed by atoms with Crippen LogP contribution in [0.25, 0.3) is 10.8 Å². The first kappa shape index (κ1) is 12.9. The Morgan fingerprint density at radius 1 is 1.15 bits per heavy atom. The van der Waals surface area contributed by atoms with Crippen molar-refractivity contribution in [2.24, 2.45) is 5.73 Å². The highest BCUT2D eigenvalue weighted by atomic mass is 16.2. The van der Waals surface area contributed by atoms with Crippen LogP contribution in [-0.2, 0) is 0 Å². The third-order valence-corrected chi connectivity index (χ3v) is 3.94. The summed E-state index contributed by atoms with van der Waals surface area (Å²) in [6.07, 6.45) is 0. The maximum atomic E-state index is 11.9. The summed E-state index contributed by atoms with van der Waals surface area (Å²) in [4.78, 5) is 15.5. The number of nitrogens with two attached hydrogens (primary N) is 1. The standard InChI is InChI=1S/C16H19N3O/c1-18-9-10-19(16(18)20)11-15(17)14-8-4-6-12-5-2-3-7-13(12)14/h2-8,15H,9-11,17H2,1H3. The van der Waals surface area contributed by atoms with Gasteiger partial charge in [0.05, 0.1) is 0 Å². The van der Waals surface area contributed by atoms with E-state index in [9.17, 15) is 4.79 Å². The molecule has 20 heavy (non-hydrogen) atoms. The number of rotatable bonds is 3. The summed E-state index contributed by atoms with van der Waals surface area (Å²) in [7, 11) is 1.83. The number of likely N-dealkylation sites (N-methyl/N-ethyl adjacent to an activating group) is 1. The highest BCUT2D eigenvalue weighted by molar-refractivity contribution is 5.86. The van der Waals surface area contributed by atoms with Crippen molar-refractivity contribution in [3.8, 4) is 0 Å². The van der Waals surface area contributed by atoms with Crippen LogP contribution >= 0.6 is 0 Å². The van der Waals surface area contributed by atoms with Crippen molar-refractivity contribution in [3.05, 3.63) is 48.0 Å². The van der Waals surface area contributed by atoms with Crippen molar-refractivity contribution in [1.82, 2.24) is 9.80 Å². The van der Waals surface area contributed by atoms with E-state index in [2.05, 4.69) is 24.3 Å². The Bertz CT molecular complexity index is 635. The van der Waals surface area contributed by atoms with Crippen molar-refractivity contribution in [3.63, 3.8) is 0 Å². The zero-order chi connectivity index (χ0) is 14.1. The van der Waals surface area contributed by atoms with Crippen molar-refractivity contribution in [1.29, 1.82) is 0 Å². The molecule has 0 radical (unpaired) electrons. The third-order valence-electron chi connectivity index (χ3n) is 3.94. The summed E-state index contributed by atoms with van der Waals surface area (Å²) in [5, 5.41) is 2.35. The lowest BCUT2D eigenvalue weighted by molar-refractivity contribution is 0.196.